The van der Waals surface area contributed by atoms with Gasteiger partial charge in [-0.15, -0.1) is 0 Å². The highest BCUT2D eigenvalue weighted by molar-refractivity contribution is 5.26. The Balaban J connectivity index is 2.06. The van der Waals surface area contributed by atoms with E-state index in [4.69, 9.17) is 4.52 Å². The zero-order valence-corrected chi connectivity index (χ0v) is 9.19. The molecule has 0 aliphatic carbocycles. The van der Waals surface area contributed by atoms with Gasteiger partial charge < -0.3 is 9.84 Å². The molecular formula is C9H8F3N5O. The van der Waals surface area contributed by atoms with Gasteiger partial charge in [0, 0.05) is 6.20 Å². The summed E-state index contributed by atoms with van der Waals surface area (Å²) in [6.07, 6.45) is -3.47. The van der Waals surface area contributed by atoms with E-state index in [1.54, 1.807) is 6.92 Å². The molecule has 0 saturated heterocycles. The molecule has 2 aromatic heterocycles. The molecule has 2 aromatic rings. The smallest absolute Gasteiger partial charge is 0.345 e. The third kappa shape index (κ3) is 2.93. The summed E-state index contributed by atoms with van der Waals surface area (Å²) in [4.78, 5) is 10.9. The number of anilines is 1. The molecule has 0 radical (unpaired) electrons. The highest BCUT2D eigenvalue weighted by Crippen LogP contribution is 2.27. The molecule has 0 atom stereocenters. The van der Waals surface area contributed by atoms with Crippen LogP contribution in [-0.2, 0) is 12.7 Å². The van der Waals surface area contributed by atoms with Crippen LogP contribution in [0.25, 0.3) is 0 Å². The molecule has 0 aromatic carbocycles. The lowest BCUT2D eigenvalue weighted by atomic mass is 10.4. The molecule has 2 rings (SSSR count). The predicted molar refractivity (Wildman–Crippen MR) is 53.4 cm³/mol. The Morgan fingerprint density at radius 2 is 2.11 bits per heavy atom. The topological polar surface area (TPSA) is 76.7 Å². The molecule has 0 saturated carbocycles. The number of nitrogens with one attached hydrogen (secondary N) is 1. The summed E-state index contributed by atoms with van der Waals surface area (Å²) in [5.41, 5.74) is -1.01. The molecule has 0 fully saturated rings. The molecule has 0 spiro atoms. The fraction of sp³-hybridized carbons (Fsp3) is 0.333. The molecule has 0 aliphatic heterocycles. The Bertz CT molecular complexity index is 539. The minimum absolute atomic E-state index is 0.0577. The highest BCUT2D eigenvalue weighted by atomic mass is 19.4. The lowest BCUT2D eigenvalue weighted by Gasteiger charge is -2.07. The minimum atomic E-state index is -4.50. The second kappa shape index (κ2) is 4.59. The van der Waals surface area contributed by atoms with Gasteiger partial charge in [-0.25, -0.2) is 9.97 Å². The first kappa shape index (κ1) is 12.3. The zero-order valence-electron chi connectivity index (χ0n) is 9.19. The van der Waals surface area contributed by atoms with Gasteiger partial charge in [-0.1, -0.05) is 5.16 Å². The number of alkyl halides is 3. The maximum Gasteiger partial charge on any atom is 0.433 e. The Hall–Kier alpha value is -2.19. The van der Waals surface area contributed by atoms with Gasteiger partial charge in [-0.05, 0) is 13.0 Å². The fourth-order valence-electron chi connectivity index (χ4n) is 1.17. The second-order valence-electron chi connectivity index (χ2n) is 3.35. The van der Waals surface area contributed by atoms with Crippen LogP contribution < -0.4 is 5.32 Å². The first-order valence-electron chi connectivity index (χ1n) is 4.88. The lowest BCUT2D eigenvalue weighted by molar-refractivity contribution is -0.141. The van der Waals surface area contributed by atoms with Crippen molar-refractivity contribution in [2.45, 2.75) is 19.6 Å². The summed E-state index contributed by atoms with van der Waals surface area (Å²) in [5, 5.41) is 6.11. The number of hydrogen-bond acceptors (Lipinski definition) is 6. The van der Waals surface area contributed by atoms with Crippen LogP contribution in [0.5, 0.6) is 0 Å². The molecule has 2 heterocycles. The van der Waals surface area contributed by atoms with E-state index < -0.39 is 11.9 Å². The SMILES string of the molecule is Cc1noc(CNc2nccc(C(F)(F)F)n2)n1. The monoisotopic (exact) mass is 259 g/mol. The van der Waals surface area contributed by atoms with Crippen molar-refractivity contribution in [3.05, 3.63) is 29.7 Å². The van der Waals surface area contributed by atoms with Crippen LogP contribution in [0, 0.1) is 6.92 Å². The van der Waals surface area contributed by atoms with E-state index >= 15 is 0 Å². The van der Waals surface area contributed by atoms with Crippen molar-refractivity contribution in [2.24, 2.45) is 0 Å². The largest absolute Gasteiger partial charge is 0.433 e. The molecular weight excluding hydrogens is 251 g/mol. The average molecular weight is 259 g/mol. The van der Waals surface area contributed by atoms with E-state index in [0.717, 1.165) is 12.3 Å². The second-order valence-corrected chi connectivity index (χ2v) is 3.35. The molecule has 96 valence electrons. The Kier molecular flexibility index (Phi) is 3.13. The van der Waals surface area contributed by atoms with Gasteiger partial charge >= 0.3 is 6.18 Å². The van der Waals surface area contributed by atoms with Crippen LogP contribution >= 0.6 is 0 Å². The molecule has 0 amide bonds. The summed E-state index contributed by atoms with van der Waals surface area (Å²) in [5.74, 6) is 0.533. The van der Waals surface area contributed by atoms with Gasteiger partial charge in [0.2, 0.25) is 11.8 Å². The molecule has 6 nitrogen and oxygen atoms in total. The molecule has 1 N–H and O–H groups in total. The fourth-order valence-corrected chi connectivity index (χ4v) is 1.17. The number of aryl methyl sites for hydroxylation is 1. The van der Waals surface area contributed by atoms with Gasteiger partial charge in [0.1, 0.15) is 5.69 Å². The van der Waals surface area contributed by atoms with E-state index in [-0.39, 0.29) is 18.4 Å². The average Bonchev–Trinajstić information content (AvgIpc) is 2.72. The van der Waals surface area contributed by atoms with Crippen LogP contribution in [0.1, 0.15) is 17.4 Å². The number of aromatic nitrogens is 4. The quantitative estimate of drug-likeness (QED) is 0.905. The summed E-state index contributed by atoms with van der Waals surface area (Å²) in [6, 6.07) is 0.794. The van der Waals surface area contributed by atoms with E-state index in [2.05, 4.69) is 25.4 Å². The van der Waals surface area contributed by atoms with Crippen LogP contribution in [0.3, 0.4) is 0 Å². The minimum Gasteiger partial charge on any atom is -0.345 e. The molecule has 0 bridgehead atoms. The van der Waals surface area contributed by atoms with E-state index in [1.807, 2.05) is 0 Å². The summed E-state index contributed by atoms with van der Waals surface area (Å²) < 4.78 is 41.9. The molecule has 0 unspecified atom stereocenters. The van der Waals surface area contributed by atoms with Gasteiger partial charge in [0.15, 0.2) is 5.82 Å². The maximum absolute atomic E-state index is 12.4. The number of nitrogens with zero attached hydrogens (tertiary/aromatic N) is 4. The summed E-state index contributed by atoms with van der Waals surface area (Å²) >= 11 is 0. The zero-order chi connectivity index (χ0) is 13.2. The van der Waals surface area contributed by atoms with E-state index in [0.29, 0.717) is 5.82 Å². The van der Waals surface area contributed by atoms with Crippen molar-refractivity contribution in [2.75, 3.05) is 5.32 Å². The van der Waals surface area contributed by atoms with E-state index in [1.165, 1.54) is 0 Å². The highest BCUT2D eigenvalue weighted by Gasteiger charge is 2.32. The third-order valence-corrected chi connectivity index (χ3v) is 1.91. The number of halogens is 3. The summed E-state index contributed by atoms with van der Waals surface area (Å²) in [7, 11) is 0. The van der Waals surface area contributed by atoms with Crippen molar-refractivity contribution in [3.63, 3.8) is 0 Å². The maximum atomic E-state index is 12.4. The van der Waals surface area contributed by atoms with Crippen molar-refractivity contribution in [3.8, 4) is 0 Å². The Morgan fingerprint density at radius 3 is 2.72 bits per heavy atom. The number of rotatable bonds is 3. The van der Waals surface area contributed by atoms with Gasteiger partial charge in [-0.3, -0.25) is 0 Å². The molecule has 18 heavy (non-hydrogen) atoms. The van der Waals surface area contributed by atoms with Crippen LogP contribution in [-0.4, -0.2) is 20.1 Å². The summed E-state index contributed by atoms with van der Waals surface area (Å²) in [6.45, 7) is 1.69. The van der Waals surface area contributed by atoms with E-state index in [9.17, 15) is 13.2 Å². The first-order valence-corrected chi connectivity index (χ1v) is 4.88. The Morgan fingerprint density at radius 1 is 1.33 bits per heavy atom. The molecule has 9 heteroatoms. The van der Waals surface area contributed by atoms with Crippen LogP contribution in [0.15, 0.2) is 16.8 Å². The van der Waals surface area contributed by atoms with Crippen molar-refractivity contribution >= 4 is 5.95 Å². The lowest BCUT2D eigenvalue weighted by Crippen LogP contribution is -2.11. The van der Waals surface area contributed by atoms with Crippen LogP contribution in [0.4, 0.5) is 19.1 Å². The predicted octanol–water partition coefficient (Wildman–Crippen LogP) is 1.80. The molecule has 0 aliphatic rings. The third-order valence-electron chi connectivity index (χ3n) is 1.91. The van der Waals surface area contributed by atoms with Crippen molar-refractivity contribution in [1.82, 2.24) is 20.1 Å². The normalized spacial score (nSPS) is 11.6. The number of hydrogen-bond donors (Lipinski definition) is 1. The van der Waals surface area contributed by atoms with Gasteiger partial charge in [0.25, 0.3) is 0 Å². The van der Waals surface area contributed by atoms with Gasteiger partial charge in [0.05, 0.1) is 6.54 Å². The first-order chi connectivity index (χ1) is 8.45. The Labute approximate surface area is 99.3 Å². The van der Waals surface area contributed by atoms with Crippen molar-refractivity contribution < 1.29 is 17.7 Å². The standard InChI is InChI=1S/C9H8F3N5O/c1-5-15-7(18-17-5)4-14-8-13-3-2-6(16-8)9(10,11)12/h2-3H,4H2,1H3,(H,13,14,16). The van der Waals surface area contributed by atoms with Crippen molar-refractivity contribution in [1.29, 1.82) is 0 Å². The van der Waals surface area contributed by atoms with Crippen LogP contribution in [0.2, 0.25) is 0 Å². The van der Waals surface area contributed by atoms with Gasteiger partial charge in [-0.2, -0.15) is 18.2 Å².